The highest BCUT2D eigenvalue weighted by Crippen LogP contribution is 2.36. The Balaban J connectivity index is 2.13. The fraction of sp³-hybridized carbons (Fsp3) is 0.217. The third-order valence-corrected chi connectivity index (χ3v) is 5.06. The van der Waals surface area contributed by atoms with Crippen LogP contribution in [0.2, 0.25) is 5.02 Å². The number of carbonyl (C=O) groups is 2. The van der Waals surface area contributed by atoms with Crippen LogP contribution in [0.4, 0.5) is 5.69 Å². The van der Waals surface area contributed by atoms with Crippen LogP contribution in [0.15, 0.2) is 59.3 Å². The van der Waals surface area contributed by atoms with Crippen LogP contribution in [0.5, 0.6) is 0 Å². The topological polar surface area (TPSA) is 46.6 Å². The molecule has 1 heterocycles. The van der Waals surface area contributed by atoms with E-state index in [4.69, 9.17) is 16.3 Å². The number of ether oxygens (including phenoxy) is 1. The molecule has 0 aromatic heterocycles. The van der Waals surface area contributed by atoms with E-state index in [0.717, 1.165) is 22.4 Å². The van der Waals surface area contributed by atoms with Crippen LogP contribution >= 0.6 is 11.6 Å². The maximum absolute atomic E-state index is 13.3. The van der Waals surface area contributed by atoms with E-state index in [1.807, 2.05) is 32.0 Å². The summed E-state index contributed by atoms with van der Waals surface area (Å²) in [7, 11) is 0. The molecule has 0 bridgehead atoms. The molecule has 0 aliphatic carbocycles. The summed E-state index contributed by atoms with van der Waals surface area (Å²) in [4.78, 5) is 27.5. The number of hydrogen-bond acceptors (Lipinski definition) is 3. The first-order chi connectivity index (χ1) is 13.3. The molecule has 0 atom stereocenters. The average molecular weight is 396 g/mol. The van der Waals surface area contributed by atoms with Crippen molar-refractivity contribution in [2.75, 3.05) is 11.5 Å². The number of allylic oxidation sites excluding steroid dienone is 1. The lowest BCUT2D eigenvalue weighted by Gasteiger charge is -2.19. The first-order valence-corrected chi connectivity index (χ1v) is 9.48. The lowest BCUT2D eigenvalue weighted by molar-refractivity contribution is -0.138. The molecule has 5 heteroatoms. The van der Waals surface area contributed by atoms with Crippen molar-refractivity contribution in [2.45, 2.75) is 27.7 Å². The van der Waals surface area contributed by atoms with Crippen molar-refractivity contribution < 1.29 is 14.3 Å². The summed E-state index contributed by atoms with van der Waals surface area (Å²) in [6, 6.07) is 12.9. The molecule has 1 amide bonds. The van der Waals surface area contributed by atoms with Crippen LogP contribution in [0.1, 0.15) is 30.5 Å². The third-order valence-electron chi connectivity index (χ3n) is 4.81. The van der Waals surface area contributed by atoms with Crippen molar-refractivity contribution in [3.8, 4) is 0 Å². The molecule has 0 unspecified atom stereocenters. The van der Waals surface area contributed by atoms with E-state index >= 15 is 0 Å². The Kier molecular flexibility index (Phi) is 5.71. The Morgan fingerprint density at radius 1 is 1.07 bits per heavy atom. The van der Waals surface area contributed by atoms with Crippen LogP contribution in [-0.4, -0.2) is 18.5 Å². The van der Waals surface area contributed by atoms with Gasteiger partial charge in [-0.25, -0.2) is 4.79 Å². The van der Waals surface area contributed by atoms with Gasteiger partial charge in [0.25, 0.3) is 5.91 Å². The molecule has 0 saturated heterocycles. The van der Waals surface area contributed by atoms with E-state index in [9.17, 15) is 9.59 Å². The Morgan fingerprint density at radius 2 is 1.75 bits per heavy atom. The minimum Gasteiger partial charge on any atom is -0.462 e. The number of hydrogen-bond donors (Lipinski definition) is 0. The predicted octanol–water partition coefficient (Wildman–Crippen LogP) is 5.22. The third kappa shape index (κ3) is 3.73. The predicted molar refractivity (Wildman–Crippen MR) is 112 cm³/mol. The fourth-order valence-electron chi connectivity index (χ4n) is 3.18. The highest BCUT2D eigenvalue weighted by atomic mass is 35.5. The number of esters is 1. The van der Waals surface area contributed by atoms with Gasteiger partial charge in [0.1, 0.15) is 0 Å². The smallest absolute Gasteiger partial charge is 0.340 e. The molecular formula is C23H22ClNO3. The molecule has 1 aliphatic rings. The molecule has 0 spiro atoms. The number of rotatable bonds is 4. The molecule has 0 fully saturated rings. The van der Waals surface area contributed by atoms with Gasteiger partial charge in [0.2, 0.25) is 0 Å². The molecular weight excluding hydrogens is 374 g/mol. The quantitative estimate of drug-likeness (QED) is 0.526. The Morgan fingerprint density at radius 3 is 2.36 bits per heavy atom. The molecule has 0 radical (unpaired) electrons. The first kappa shape index (κ1) is 19.9. The SMILES string of the molecule is CCOC(=O)C1=C(C)N(c2ccc(C)c(C)c2)C(=O)/C1=C\c1ccc(Cl)cc1. The van der Waals surface area contributed by atoms with Gasteiger partial charge in [0.05, 0.1) is 17.8 Å². The number of aryl methyl sites for hydroxylation is 2. The zero-order valence-electron chi connectivity index (χ0n) is 16.4. The lowest BCUT2D eigenvalue weighted by Crippen LogP contribution is -2.24. The van der Waals surface area contributed by atoms with Gasteiger partial charge in [-0.3, -0.25) is 9.69 Å². The van der Waals surface area contributed by atoms with Gasteiger partial charge in [-0.15, -0.1) is 0 Å². The van der Waals surface area contributed by atoms with E-state index in [2.05, 4.69) is 0 Å². The molecule has 3 rings (SSSR count). The van der Waals surface area contributed by atoms with Crippen molar-refractivity contribution in [3.05, 3.63) is 81.0 Å². The minimum atomic E-state index is -0.500. The van der Waals surface area contributed by atoms with Crippen molar-refractivity contribution in [1.29, 1.82) is 0 Å². The van der Waals surface area contributed by atoms with Gasteiger partial charge in [0, 0.05) is 16.4 Å². The van der Waals surface area contributed by atoms with E-state index in [1.165, 1.54) is 0 Å². The van der Waals surface area contributed by atoms with Gasteiger partial charge in [-0.05, 0) is 74.7 Å². The fourth-order valence-corrected chi connectivity index (χ4v) is 3.31. The Hall–Kier alpha value is -2.85. The second-order valence-electron chi connectivity index (χ2n) is 6.70. The molecule has 4 nitrogen and oxygen atoms in total. The number of amides is 1. The van der Waals surface area contributed by atoms with Crippen LogP contribution in [0.3, 0.4) is 0 Å². The highest BCUT2D eigenvalue weighted by Gasteiger charge is 2.38. The van der Waals surface area contributed by atoms with Crippen LogP contribution in [0.25, 0.3) is 6.08 Å². The molecule has 2 aromatic rings. The number of anilines is 1. The van der Waals surface area contributed by atoms with Crippen molar-refractivity contribution in [3.63, 3.8) is 0 Å². The van der Waals surface area contributed by atoms with Gasteiger partial charge >= 0.3 is 5.97 Å². The minimum absolute atomic E-state index is 0.238. The van der Waals surface area contributed by atoms with Gasteiger partial charge in [-0.2, -0.15) is 0 Å². The number of halogens is 1. The molecule has 144 valence electrons. The zero-order valence-corrected chi connectivity index (χ0v) is 17.1. The molecule has 1 aliphatic heterocycles. The summed E-state index contributed by atoms with van der Waals surface area (Å²) in [5.41, 5.74) is 4.89. The summed E-state index contributed by atoms with van der Waals surface area (Å²) in [5.74, 6) is -0.751. The summed E-state index contributed by atoms with van der Waals surface area (Å²) in [6.45, 7) is 7.76. The second-order valence-corrected chi connectivity index (χ2v) is 7.14. The number of nitrogens with zero attached hydrogens (tertiary/aromatic N) is 1. The van der Waals surface area contributed by atoms with E-state index < -0.39 is 5.97 Å². The first-order valence-electron chi connectivity index (χ1n) is 9.10. The number of carbonyl (C=O) groups excluding carboxylic acids is 2. The summed E-state index contributed by atoms with van der Waals surface area (Å²) >= 11 is 5.95. The molecule has 2 aromatic carbocycles. The second kappa shape index (κ2) is 8.03. The van der Waals surface area contributed by atoms with Crippen LogP contribution < -0.4 is 4.90 Å². The maximum atomic E-state index is 13.3. The Labute approximate surface area is 170 Å². The van der Waals surface area contributed by atoms with Crippen molar-refractivity contribution in [1.82, 2.24) is 0 Å². The lowest BCUT2D eigenvalue weighted by atomic mass is 10.0. The van der Waals surface area contributed by atoms with E-state index in [1.54, 1.807) is 49.1 Å². The largest absolute Gasteiger partial charge is 0.462 e. The normalized spacial score (nSPS) is 15.5. The van der Waals surface area contributed by atoms with Crippen molar-refractivity contribution in [2.24, 2.45) is 0 Å². The zero-order chi connectivity index (χ0) is 20.4. The molecule has 28 heavy (non-hydrogen) atoms. The highest BCUT2D eigenvalue weighted by molar-refractivity contribution is 6.30. The Bertz CT molecular complexity index is 1000. The van der Waals surface area contributed by atoms with E-state index in [-0.39, 0.29) is 12.5 Å². The van der Waals surface area contributed by atoms with Gasteiger partial charge in [0.15, 0.2) is 0 Å². The molecule has 0 N–H and O–H groups in total. The number of benzene rings is 2. The van der Waals surface area contributed by atoms with Crippen LogP contribution in [-0.2, 0) is 14.3 Å². The van der Waals surface area contributed by atoms with Gasteiger partial charge < -0.3 is 4.74 Å². The maximum Gasteiger partial charge on any atom is 0.340 e. The average Bonchev–Trinajstić information content (AvgIpc) is 2.90. The van der Waals surface area contributed by atoms with Crippen LogP contribution in [0, 0.1) is 13.8 Å². The van der Waals surface area contributed by atoms with E-state index in [0.29, 0.717) is 21.9 Å². The summed E-state index contributed by atoms with van der Waals surface area (Å²) in [6.07, 6.45) is 1.70. The summed E-state index contributed by atoms with van der Waals surface area (Å²) < 4.78 is 5.22. The summed E-state index contributed by atoms with van der Waals surface area (Å²) in [5, 5.41) is 0.606. The molecule has 0 saturated carbocycles. The standard InChI is InChI=1S/C23H22ClNO3/c1-5-28-23(27)21-16(4)25(19-11-6-14(2)15(3)12-19)22(26)20(21)13-17-7-9-18(24)10-8-17/h6-13H,5H2,1-4H3/b20-13-. The monoisotopic (exact) mass is 395 g/mol. The van der Waals surface area contributed by atoms with Gasteiger partial charge in [-0.1, -0.05) is 29.8 Å². The van der Waals surface area contributed by atoms with Crippen molar-refractivity contribution >= 4 is 35.2 Å².